The van der Waals surface area contributed by atoms with E-state index in [2.05, 4.69) is 20.2 Å². The highest BCUT2D eigenvalue weighted by Gasteiger charge is 2.20. The van der Waals surface area contributed by atoms with E-state index in [1.807, 2.05) is 4.90 Å². The van der Waals surface area contributed by atoms with Crippen LogP contribution >= 0.6 is 0 Å². The number of nitrogens with one attached hydrogen (secondary N) is 1. The maximum Gasteiger partial charge on any atom is 0.270 e. The van der Waals surface area contributed by atoms with Crippen LogP contribution in [0.4, 0.5) is 11.6 Å². The van der Waals surface area contributed by atoms with Gasteiger partial charge in [0.05, 0.1) is 11.5 Å². The van der Waals surface area contributed by atoms with Gasteiger partial charge in [-0.2, -0.15) is 0 Å². The van der Waals surface area contributed by atoms with E-state index >= 15 is 0 Å². The first-order valence-electron chi connectivity index (χ1n) is 8.50. The summed E-state index contributed by atoms with van der Waals surface area (Å²) in [5.41, 5.74) is 0.180. The highest BCUT2D eigenvalue weighted by Crippen LogP contribution is 2.22. The first-order valence-corrected chi connectivity index (χ1v) is 8.50. The zero-order valence-corrected chi connectivity index (χ0v) is 14.6. The molecule has 1 fully saturated rings. The Balaban J connectivity index is 1.47. The number of amides is 1. The number of anilines is 1. The van der Waals surface area contributed by atoms with Crippen LogP contribution in [-0.4, -0.2) is 63.5 Å². The molecular formula is C17H20N6O4. The SMILES string of the molecule is O=C(CN1CCN(c2ncccn2)CC1)NCc1cc([N+](=O)[O-])ccc1O. The van der Waals surface area contributed by atoms with Crippen molar-refractivity contribution in [1.29, 1.82) is 0 Å². The number of piperazine rings is 1. The van der Waals surface area contributed by atoms with Crippen molar-refractivity contribution < 1.29 is 14.8 Å². The lowest BCUT2D eigenvalue weighted by Crippen LogP contribution is -2.49. The molecule has 0 radical (unpaired) electrons. The number of aromatic hydroxyl groups is 1. The van der Waals surface area contributed by atoms with Gasteiger partial charge < -0.3 is 15.3 Å². The normalized spacial score (nSPS) is 14.7. The van der Waals surface area contributed by atoms with Crippen molar-refractivity contribution in [1.82, 2.24) is 20.2 Å². The molecule has 2 N–H and O–H groups in total. The average Bonchev–Trinajstić information content (AvgIpc) is 2.68. The van der Waals surface area contributed by atoms with Gasteiger partial charge in [0, 0.05) is 62.8 Å². The van der Waals surface area contributed by atoms with Crippen LogP contribution in [0.15, 0.2) is 36.7 Å². The van der Waals surface area contributed by atoms with E-state index in [1.165, 1.54) is 18.2 Å². The van der Waals surface area contributed by atoms with Crippen molar-refractivity contribution in [3.63, 3.8) is 0 Å². The van der Waals surface area contributed by atoms with E-state index in [9.17, 15) is 20.0 Å². The van der Waals surface area contributed by atoms with Gasteiger partial charge in [0.15, 0.2) is 0 Å². The highest BCUT2D eigenvalue weighted by atomic mass is 16.6. The van der Waals surface area contributed by atoms with Crippen LogP contribution in [0.25, 0.3) is 0 Å². The number of nitrogens with zero attached hydrogens (tertiary/aromatic N) is 5. The second-order valence-electron chi connectivity index (χ2n) is 6.16. The number of phenols is 1. The standard InChI is InChI=1S/C17H20N6O4/c24-15-3-2-14(23(26)27)10-13(15)11-20-16(25)12-21-6-8-22(9-7-21)17-18-4-1-5-19-17/h1-5,10,24H,6-9,11-12H2,(H,20,25). The number of carbonyl (C=O) groups is 1. The Kier molecular flexibility index (Phi) is 5.77. The summed E-state index contributed by atoms with van der Waals surface area (Å²) in [6, 6.07) is 5.50. The molecule has 0 saturated carbocycles. The zero-order valence-electron chi connectivity index (χ0n) is 14.6. The molecular weight excluding hydrogens is 352 g/mol. The fourth-order valence-electron chi connectivity index (χ4n) is 2.84. The van der Waals surface area contributed by atoms with Gasteiger partial charge >= 0.3 is 0 Å². The van der Waals surface area contributed by atoms with Gasteiger partial charge in [0.2, 0.25) is 11.9 Å². The number of nitro benzene ring substituents is 1. The third kappa shape index (κ3) is 4.88. The van der Waals surface area contributed by atoms with Crippen LogP contribution in [0.2, 0.25) is 0 Å². The predicted octanol–water partition coefficient (Wildman–Crippen LogP) is 0.529. The number of aromatic nitrogens is 2. The van der Waals surface area contributed by atoms with Gasteiger partial charge in [-0.05, 0) is 12.1 Å². The van der Waals surface area contributed by atoms with E-state index < -0.39 is 4.92 Å². The minimum absolute atomic E-state index is 0.0319. The van der Waals surface area contributed by atoms with Crippen molar-refractivity contribution in [2.75, 3.05) is 37.6 Å². The van der Waals surface area contributed by atoms with Gasteiger partial charge in [0.1, 0.15) is 5.75 Å². The van der Waals surface area contributed by atoms with Crippen molar-refractivity contribution in [3.8, 4) is 5.75 Å². The fourth-order valence-corrected chi connectivity index (χ4v) is 2.84. The molecule has 1 aromatic carbocycles. The lowest BCUT2D eigenvalue weighted by atomic mass is 10.1. The maximum absolute atomic E-state index is 12.2. The first kappa shape index (κ1) is 18.5. The molecule has 1 aliphatic heterocycles. The van der Waals surface area contributed by atoms with Crippen LogP contribution in [-0.2, 0) is 11.3 Å². The van der Waals surface area contributed by atoms with Gasteiger partial charge in [-0.15, -0.1) is 0 Å². The Bertz CT molecular complexity index is 808. The summed E-state index contributed by atoms with van der Waals surface area (Å²) in [7, 11) is 0. The monoisotopic (exact) mass is 372 g/mol. The molecule has 0 bridgehead atoms. The Morgan fingerprint density at radius 2 is 1.93 bits per heavy atom. The third-order valence-electron chi connectivity index (χ3n) is 4.32. The molecule has 10 heteroatoms. The maximum atomic E-state index is 12.2. The summed E-state index contributed by atoms with van der Waals surface area (Å²) in [4.78, 5) is 35.0. The largest absolute Gasteiger partial charge is 0.508 e. The molecule has 1 saturated heterocycles. The van der Waals surface area contributed by atoms with Crippen LogP contribution in [0.1, 0.15) is 5.56 Å². The number of phenolic OH excluding ortho intramolecular Hbond substituents is 1. The Morgan fingerprint density at radius 3 is 2.59 bits per heavy atom. The molecule has 142 valence electrons. The number of carbonyl (C=O) groups excluding carboxylic acids is 1. The second-order valence-corrected chi connectivity index (χ2v) is 6.16. The van der Waals surface area contributed by atoms with Crippen molar-refractivity contribution >= 4 is 17.5 Å². The summed E-state index contributed by atoms with van der Waals surface area (Å²) in [5, 5.41) is 23.3. The summed E-state index contributed by atoms with van der Waals surface area (Å²) in [5.74, 6) is 0.394. The summed E-state index contributed by atoms with van der Waals surface area (Å²) >= 11 is 0. The molecule has 0 unspecified atom stereocenters. The smallest absolute Gasteiger partial charge is 0.270 e. The molecule has 27 heavy (non-hydrogen) atoms. The van der Waals surface area contributed by atoms with Crippen molar-refractivity contribution in [3.05, 3.63) is 52.3 Å². The van der Waals surface area contributed by atoms with Crippen LogP contribution in [0.5, 0.6) is 5.75 Å². The second kappa shape index (κ2) is 8.41. The Hall–Kier alpha value is -3.27. The van der Waals surface area contributed by atoms with E-state index in [-0.39, 0.29) is 30.4 Å². The fraction of sp³-hybridized carbons (Fsp3) is 0.353. The predicted molar refractivity (Wildman–Crippen MR) is 97.3 cm³/mol. The summed E-state index contributed by atoms with van der Waals surface area (Å²) < 4.78 is 0. The minimum atomic E-state index is -0.541. The number of hydrogen-bond acceptors (Lipinski definition) is 8. The van der Waals surface area contributed by atoms with Gasteiger partial charge in [-0.25, -0.2) is 9.97 Å². The van der Waals surface area contributed by atoms with E-state index in [0.717, 1.165) is 13.1 Å². The third-order valence-corrected chi connectivity index (χ3v) is 4.32. The highest BCUT2D eigenvalue weighted by molar-refractivity contribution is 5.78. The van der Waals surface area contributed by atoms with E-state index in [0.29, 0.717) is 24.6 Å². The van der Waals surface area contributed by atoms with Crippen molar-refractivity contribution in [2.24, 2.45) is 0 Å². The number of benzene rings is 1. The van der Waals surface area contributed by atoms with Gasteiger partial charge in [-0.3, -0.25) is 19.8 Å². The first-order chi connectivity index (χ1) is 13.0. The molecule has 3 rings (SSSR count). The number of hydrogen-bond donors (Lipinski definition) is 2. The number of rotatable bonds is 6. The summed E-state index contributed by atoms with van der Waals surface area (Å²) in [6.07, 6.45) is 3.40. The number of non-ortho nitro benzene ring substituents is 1. The topological polar surface area (TPSA) is 125 Å². The quantitative estimate of drug-likeness (QED) is 0.556. The molecule has 10 nitrogen and oxygen atoms in total. The molecule has 0 spiro atoms. The van der Waals surface area contributed by atoms with Crippen LogP contribution in [0, 0.1) is 10.1 Å². The molecule has 1 aromatic heterocycles. The Morgan fingerprint density at radius 1 is 1.22 bits per heavy atom. The molecule has 2 heterocycles. The van der Waals surface area contributed by atoms with Crippen LogP contribution in [0.3, 0.4) is 0 Å². The zero-order chi connectivity index (χ0) is 19.2. The van der Waals surface area contributed by atoms with E-state index in [1.54, 1.807) is 18.5 Å². The Labute approximate surface area is 155 Å². The minimum Gasteiger partial charge on any atom is -0.508 e. The average molecular weight is 372 g/mol. The lowest BCUT2D eigenvalue weighted by Gasteiger charge is -2.34. The van der Waals surface area contributed by atoms with Crippen LogP contribution < -0.4 is 10.2 Å². The molecule has 2 aromatic rings. The number of nitro groups is 1. The van der Waals surface area contributed by atoms with Crippen molar-refractivity contribution in [2.45, 2.75) is 6.54 Å². The van der Waals surface area contributed by atoms with Gasteiger partial charge in [0.25, 0.3) is 5.69 Å². The molecule has 1 aliphatic rings. The molecule has 0 aliphatic carbocycles. The molecule has 1 amide bonds. The summed E-state index contributed by atoms with van der Waals surface area (Å²) in [6.45, 7) is 3.11. The van der Waals surface area contributed by atoms with E-state index in [4.69, 9.17) is 0 Å². The lowest BCUT2D eigenvalue weighted by molar-refractivity contribution is -0.384. The molecule has 0 atom stereocenters. The van der Waals surface area contributed by atoms with Gasteiger partial charge in [-0.1, -0.05) is 0 Å².